The van der Waals surface area contributed by atoms with Gasteiger partial charge in [0.1, 0.15) is 6.04 Å². The molecule has 0 heterocycles. The van der Waals surface area contributed by atoms with Gasteiger partial charge in [-0.2, -0.15) is 11.8 Å². The third-order valence-electron chi connectivity index (χ3n) is 4.96. The van der Waals surface area contributed by atoms with Crippen molar-refractivity contribution in [1.29, 1.82) is 0 Å². The molecular formula is C21H31Cl2N3O4S. The van der Waals surface area contributed by atoms with Gasteiger partial charge in [0.15, 0.2) is 5.54 Å². The van der Waals surface area contributed by atoms with E-state index >= 15 is 0 Å². The van der Waals surface area contributed by atoms with Gasteiger partial charge in [0.25, 0.3) is 5.91 Å². The minimum Gasteiger partial charge on any atom is -0.464 e. The maximum atomic E-state index is 13.3. The molecule has 0 aliphatic carbocycles. The maximum Gasteiger partial charge on any atom is 0.333 e. The van der Waals surface area contributed by atoms with Gasteiger partial charge in [-0.05, 0) is 49.3 Å². The lowest BCUT2D eigenvalue weighted by atomic mass is 9.90. The van der Waals surface area contributed by atoms with Crippen molar-refractivity contribution in [1.82, 2.24) is 10.3 Å². The van der Waals surface area contributed by atoms with Crippen molar-refractivity contribution in [2.24, 2.45) is 5.84 Å². The van der Waals surface area contributed by atoms with E-state index in [1.54, 1.807) is 6.92 Å². The highest BCUT2D eigenvalue weighted by Crippen LogP contribution is 2.27. The minimum absolute atomic E-state index is 0.112. The predicted octanol–water partition coefficient (Wildman–Crippen LogP) is 2.51. The molecule has 0 fully saturated rings. The summed E-state index contributed by atoms with van der Waals surface area (Å²) in [7, 11) is 0. The lowest BCUT2D eigenvalue weighted by Crippen LogP contribution is -2.65. The molecule has 0 saturated heterocycles. The van der Waals surface area contributed by atoms with Gasteiger partial charge >= 0.3 is 5.97 Å². The number of hydrogen-bond donors (Lipinski definition) is 2. The van der Waals surface area contributed by atoms with Gasteiger partial charge < -0.3 is 10.1 Å². The number of carbonyl (C=O) groups excluding carboxylic acids is 3. The van der Waals surface area contributed by atoms with Gasteiger partial charge in [0, 0.05) is 18.2 Å². The Kier molecular flexibility index (Phi) is 12.9. The van der Waals surface area contributed by atoms with Gasteiger partial charge in [0.05, 0.1) is 6.61 Å². The van der Waals surface area contributed by atoms with E-state index in [1.165, 1.54) is 11.8 Å². The summed E-state index contributed by atoms with van der Waals surface area (Å²) in [4.78, 5) is 37.5. The molecule has 0 aliphatic rings. The van der Waals surface area contributed by atoms with Crippen molar-refractivity contribution in [3.63, 3.8) is 0 Å². The fourth-order valence-electron chi connectivity index (χ4n) is 3.30. The second-order valence-corrected chi connectivity index (χ2v) is 8.68. The summed E-state index contributed by atoms with van der Waals surface area (Å²) in [6, 6.07) is 6.65. The van der Waals surface area contributed by atoms with Crippen molar-refractivity contribution < 1.29 is 19.1 Å². The first-order valence-corrected chi connectivity index (χ1v) is 12.5. The lowest BCUT2D eigenvalue weighted by molar-refractivity contribution is -0.166. The number of rotatable bonds is 15. The molecule has 174 valence electrons. The highest BCUT2D eigenvalue weighted by molar-refractivity contribution is 7.98. The molecule has 0 unspecified atom stereocenters. The van der Waals surface area contributed by atoms with Crippen molar-refractivity contribution >= 4 is 53.3 Å². The Morgan fingerprint density at radius 2 is 2.00 bits per heavy atom. The van der Waals surface area contributed by atoms with Crippen LogP contribution in [0.2, 0.25) is 0 Å². The Morgan fingerprint density at radius 1 is 1.29 bits per heavy atom. The highest BCUT2D eigenvalue weighted by atomic mass is 35.5. The summed E-state index contributed by atoms with van der Waals surface area (Å²) < 4.78 is 5.25. The highest BCUT2D eigenvalue weighted by Gasteiger charge is 2.47. The smallest absolute Gasteiger partial charge is 0.333 e. The zero-order valence-electron chi connectivity index (χ0n) is 17.9. The van der Waals surface area contributed by atoms with Crippen molar-refractivity contribution in [2.75, 3.05) is 30.4 Å². The fourth-order valence-corrected chi connectivity index (χ4v) is 4.37. The van der Waals surface area contributed by atoms with Crippen LogP contribution in [0.5, 0.6) is 0 Å². The van der Waals surface area contributed by atoms with Crippen LogP contribution in [0.25, 0.3) is 0 Å². The number of halogens is 2. The number of nitrogens with zero attached hydrogens (tertiary/aromatic N) is 1. The van der Waals surface area contributed by atoms with E-state index in [1.807, 2.05) is 30.5 Å². The normalized spacial score (nSPS) is 13.7. The van der Waals surface area contributed by atoms with Crippen molar-refractivity contribution in [3.05, 3.63) is 35.4 Å². The number of thioether (sulfide) groups is 1. The van der Waals surface area contributed by atoms with Crippen LogP contribution in [0.3, 0.4) is 0 Å². The number of benzene rings is 1. The zero-order valence-corrected chi connectivity index (χ0v) is 20.3. The molecule has 0 spiro atoms. The molecule has 0 radical (unpaired) electrons. The number of carbonyl (C=O) groups is 3. The lowest BCUT2D eigenvalue weighted by Gasteiger charge is -2.40. The number of ether oxygens (including phenoxy) is 1. The van der Waals surface area contributed by atoms with E-state index in [2.05, 4.69) is 5.32 Å². The van der Waals surface area contributed by atoms with E-state index in [0.29, 0.717) is 24.5 Å². The van der Waals surface area contributed by atoms with Crippen LogP contribution >= 0.6 is 35.0 Å². The van der Waals surface area contributed by atoms with Crippen LogP contribution in [0.1, 0.15) is 30.9 Å². The first-order valence-electron chi connectivity index (χ1n) is 10.0. The average molecular weight is 492 g/mol. The van der Waals surface area contributed by atoms with E-state index in [-0.39, 0.29) is 31.7 Å². The molecule has 0 bridgehead atoms. The zero-order chi connectivity index (χ0) is 23.3. The molecule has 0 aromatic heterocycles. The molecule has 2 amide bonds. The number of aryl methyl sites for hydroxylation is 1. The second-order valence-electron chi connectivity index (χ2n) is 6.94. The number of hydrazine groups is 1. The summed E-state index contributed by atoms with van der Waals surface area (Å²) in [6.45, 7) is 1.83. The molecule has 0 aliphatic heterocycles. The van der Waals surface area contributed by atoms with Gasteiger partial charge in [-0.25, -0.2) is 10.6 Å². The molecular weight excluding hydrogens is 461 g/mol. The Labute approximate surface area is 198 Å². The number of alkyl halides is 2. The SMILES string of the molecule is CCOC(=O)[C@](CCCl)(CCSC)N(N)C(=O)[C@H](Cc1cccc(CCCl)c1)NC=O. The number of hydrogen-bond acceptors (Lipinski definition) is 6. The Morgan fingerprint density at radius 3 is 2.58 bits per heavy atom. The molecule has 31 heavy (non-hydrogen) atoms. The fraction of sp³-hybridized carbons (Fsp3) is 0.571. The van der Waals surface area contributed by atoms with Crippen molar-refractivity contribution in [3.8, 4) is 0 Å². The third kappa shape index (κ3) is 7.86. The topological polar surface area (TPSA) is 102 Å². The first kappa shape index (κ1) is 27.6. The molecule has 3 N–H and O–H groups in total. The quantitative estimate of drug-likeness (QED) is 0.0975. The summed E-state index contributed by atoms with van der Waals surface area (Å²) in [5, 5.41) is 3.45. The summed E-state index contributed by atoms with van der Waals surface area (Å²) in [5.41, 5.74) is 0.450. The minimum atomic E-state index is -1.42. The van der Waals surface area contributed by atoms with Gasteiger partial charge in [-0.15, -0.1) is 23.2 Å². The van der Waals surface area contributed by atoms with Gasteiger partial charge in [-0.1, -0.05) is 24.3 Å². The van der Waals surface area contributed by atoms with Crippen LogP contribution < -0.4 is 11.2 Å². The Hall–Kier alpha value is -1.48. The number of nitrogens with two attached hydrogens (primary N) is 1. The monoisotopic (exact) mass is 491 g/mol. The van der Waals surface area contributed by atoms with Crippen LogP contribution in [-0.4, -0.2) is 65.3 Å². The Bertz CT molecular complexity index is 726. The van der Waals surface area contributed by atoms with Gasteiger partial charge in [0.2, 0.25) is 6.41 Å². The van der Waals surface area contributed by atoms with E-state index in [9.17, 15) is 14.4 Å². The molecule has 0 saturated carbocycles. The summed E-state index contributed by atoms with van der Waals surface area (Å²) >= 11 is 13.3. The van der Waals surface area contributed by atoms with E-state index in [4.69, 9.17) is 33.8 Å². The van der Waals surface area contributed by atoms with Crippen LogP contribution in [0, 0.1) is 0 Å². The Balaban J connectivity index is 3.23. The standard InChI is InChI=1S/C21H31Cl2N3O4S/c1-3-30-20(29)21(8-11-23,9-12-31-2)26(24)19(28)18(25-15-27)14-17-6-4-5-16(13-17)7-10-22/h4-6,13,15,18H,3,7-12,14,24H2,1-2H3,(H,25,27)/t18-,21-/m0/s1. The number of esters is 1. The average Bonchev–Trinajstić information content (AvgIpc) is 2.76. The molecule has 2 atom stereocenters. The third-order valence-corrected chi connectivity index (χ3v) is 5.95. The predicted molar refractivity (Wildman–Crippen MR) is 126 cm³/mol. The molecule has 7 nitrogen and oxygen atoms in total. The second kappa shape index (κ2) is 14.6. The van der Waals surface area contributed by atoms with E-state index < -0.39 is 23.5 Å². The summed E-state index contributed by atoms with van der Waals surface area (Å²) in [5.74, 6) is 6.23. The summed E-state index contributed by atoms with van der Waals surface area (Å²) in [6.07, 6.45) is 3.66. The molecule has 1 rings (SSSR count). The van der Waals surface area contributed by atoms with Crippen LogP contribution in [-0.2, 0) is 32.0 Å². The first-order chi connectivity index (χ1) is 14.9. The molecule has 10 heteroatoms. The van der Waals surface area contributed by atoms with Crippen molar-refractivity contribution in [2.45, 2.75) is 44.2 Å². The maximum absolute atomic E-state index is 13.3. The van der Waals surface area contributed by atoms with Crippen LogP contribution in [0.4, 0.5) is 0 Å². The van der Waals surface area contributed by atoms with E-state index in [0.717, 1.165) is 16.1 Å². The molecule has 1 aromatic rings. The molecule has 1 aromatic carbocycles. The number of amides is 2. The number of nitrogens with one attached hydrogen (secondary N) is 1. The van der Waals surface area contributed by atoms with Gasteiger partial charge in [-0.3, -0.25) is 14.6 Å². The largest absolute Gasteiger partial charge is 0.464 e. The van der Waals surface area contributed by atoms with Crippen LogP contribution in [0.15, 0.2) is 24.3 Å².